The van der Waals surface area contributed by atoms with Crippen LogP contribution in [0.2, 0.25) is 0 Å². The number of hydrogen-bond donors (Lipinski definition) is 0. The molecule has 0 saturated heterocycles. The predicted molar refractivity (Wildman–Crippen MR) is 412 cm³/mol. The lowest BCUT2D eigenvalue weighted by molar-refractivity contribution is 1.37. The molecule has 20 aromatic rings. The van der Waals surface area contributed by atoms with Crippen LogP contribution in [-0.2, 0) is 0 Å². The van der Waals surface area contributed by atoms with Crippen LogP contribution in [0, 0.1) is 34.5 Å². The largest absolute Gasteiger partial charge is 0.264 e. The van der Waals surface area contributed by atoms with Gasteiger partial charge >= 0.3 is 0 Å². The van der Waals surface area contributed by atoms with Crippen molar-refractivity contribution in [2.45, 2.75) is 34.5 Å². The molecule has 95 heavy (non-hydrogen) atoms. The zero-order chi connectivity index (χ0) is 69.6. The van der Waals surface area contributed by atoms with Crippen molar-refractivity contribution in [3.05, 3.63) is 338 Å². The number of benzene rings is 16. The first-order valence-corrected chi connectivity index (χ1v) is 31.9. The Hall–Kier alpha value is -12.0. The number of hydrogen-bond acceptors (Lipinski definition) is 4. The van der Waals surface area contributed by atoms with Gasteiger partial charge in [0.05, 0.1) is 11.0 Å². The highest BCUT2D eigenvalue weighted by molar-refractivity contribution is 6.29. The van der Waals surface area contributed by atoms with Crippen molar-refractivity contribution >= 4 is 162 Å². The summed E-state index contributed by atoms with van der Waals surface area (Å²) in [4.78, 5) is 17.7. The van der Waals surface area contributed by atoms with E-state index in [2.05, 4.69) is 257 Å². The molecule has 0 amide bonds. The molecule has 0 saturated carbocycles. The summed E-state index contributed by atoms with van der Waals surface area (Å²) in [6, 6.07) is 94.7. The monoisotopic (exact) mass is 1220 g/mol. The Morgan fingerprint density at radius 1 is 0.200 bits per heavy atom. The Morgan fingerprint density at radius 3 is 0.716 bits per heavy atom. The highest BCUT2D eigenvalue weighted by atomic mass is 14.7. The van der Waals surface area contributed by atoms with Crippen LogP contribution in [-0.4, -0.2) is 19.9 Å². The van der Waals surface area contributed by atoms with Crippen LogP contribution >= 0.6 is 0 Å². The van der Waals surface area contributed by atoms with Gasteiger partial charge in [0.1, 0.15) is 0 Å². The second kappa shape index (κ2) is 24.6. The first kappa shape index (κ1) is 51.6. The average Bonchev–Trinajstić information content (AvgIpc) is 0.781. The third-order valence-corrected chi connectivity index (χ3v) is 18.5. The minimum atomic E-state index is 0.310. The summed E-state index contributed by atoms with van der Waals surface area (Å²) in [7, 11) is 0. The van der Waals surface area contributed by atoms with E-state index in [9.17, 15) is 0 Å². The first-order chi connectivity index (χ1) is 50.4. The molecule has 0 radical (unpaired) electrons. The zero-order valence-corrected chi connectivity index (χ0v) is 52.3. The van der Waals surface area contributed by atoms with Crippen LogP contribution in [0.4, 0.5) is 0 Å². The molecule has 0 atom stereocenters. The minimum Gasteiger partial charge on any atom is -0.264 e. The highest BCUT2D eigenvalue weighted by Crippen LogP contribution is 2.40. The molecule has 4 heterocycles. The van der Waals surface area contributed by atoms with E-state index >= 15 is 0 Å². The van der Waals surface area contributed by atoms with Crippen LogP contribution in [0.1, 0.15) is 37.6 Å². The minimum absolute atomic E-state index is 0.310. The van der Waals surface area contributed by atoms with E-state index in [0.29, 0.717) is 34.5 Å². The maximum absolute atomic E-state index is 7.59. The van der Waals surface area contributed by atoms with Crippen molar-refractivity contribution in [1.29, 1.82) is 0 Å². The van der Waals surface area contributed by atoms with Crippen molar-refractivity contribution in [1.82, 2.24) is 19.9 Å². The normalized spacial score (nSPS) is 12.2. The van der Waals surface area contributed by atoms with Crippen LogP contribution in [0.3, 0.4) is 0 Å². The Balaban J connectivity index is 0.000000102. The zero-order valence-electron chi connectivity index (χ0n) is 59.3. The molecule has 4 heteroatoms. The fourth-order valence-electron chi connectivity index (χ4n) is 14.3. The number of pyridine rings is 4. The smallest absolute Gasteiger partial charge is 0.0786 e. The maximum Gasteiger partial charge on any atom is 0.0786 e. The molecule has 0 aliphatic carbocycles. The maximum atomic E-state index is 7.59. The van der Waals surface area contributed by atoms with E-state index in [4.69, 9.17) is 9.82 Å². The number of nitrogens with zero attached hydrogens (tertiary/aromatic N) is 4. The molecule has 0 bridgehead atoms. The summed E-state index contributed by atoms with van der Waals surface area (Å²) in [5, 5.41) is 34.4. The lowest BCUT2D eigenvalue weighted by atomic mass is 9.93. The summed E-state index contributed by atoms with van der Waals surface area (Å²) in [5.41, 5.74) is 7.33. The lowest BCUT2D eigenvalue weighted by Crippen LogP contribution is -1.86. The van der Waals surface area contributed by atoms with Gasteiger partial charge in [0.25, 0.3) is 0 Å². The standard InChI is InChI=1S/C19H14.4C18H13N.H2/c1-13-10-11-18-16-8-3-2-6-14(16)15-7-4-5-9-17(15)19(18)12-13;1-12-8-9-14-13-5-2-3-6-15(13)18-16(17(14)11-12)7-4-10-19-18;1-12-8-9-16-17(11-12)14-6-3-2-5-13(14)15-7-4-10-19-18(15)16;1-12-6-7-15-16-8-9-19-11-18(16)14-5-3-2-4-13(14)17(15)10-12;1-12-6-7-15-17(10-12)14-5-3-2-4-13(14)16-8-9-19-11-18(15)16;/h2-12H,1H3;4*2-11H,1H3;1H/i5*1D;1+1D. The molecule has 20 rings (SSSR count). The van der Waals surface area contributed by atoms with Gasteiger partial charge in [0, 0.05) is 79.3 Å². The van der Waals surface area contributed by atoms with Crippen LogP contribution in [0.25, 0.3) is 162 Å². The Bertz CT molecular complexity index is 5470. The van der Waals surface area contributed by atoms with Gasteiger partial charge < -0.3 is 0 Å². The third-order valence-electron chi connectivity index (χ3n) is 18.5. The van der Waals surface area contributed by atoms with E-state index in [1.165, 1.54) is 140 Å². The van der Waals surface area contributed by atoms with Gasteiger partial charge in [-0.1, -0.05) is 277 Å². The Labute approximate surface area is 561 Å². The molecule has 0 aliphatic heterocycles. The molecular weight excluding hydrogens is 1150 g/mol. The predicted octanol–water partition coefficient (Wildman–Crippen LogP) is 25.1. The Morgan fingerprint density at radius 2 is 0.400 bits per heavy atom. The first-order valence-electron chi connectivity index (χ1n) is 36.4. The molecule has 0 fully saturated rings. The van der Waals surface area contributed by atoms with E-state index in [-0.39, 0.29) is 0 Å². The van der Waals surface area contributed by atoms with Crippen molar-refractivity contribution in [2.24, 2.45) is 0 Å². The molecule has 4 nitrogen and oxygen atoms in total. The van der Waals surface area contributed by atoms with Gasteiger partial charge in [0.2, 0.25) is 0 Å². The van der Waals surface area contributed by atoms with E-state index in [1.54, 1.807) is 0 Å². The molecule has 16 aromatic carbocycles. The number of rotatable bonds is 0. The van der Waals surface area contributed by atoms with E-state index < -0.39 is 0 Å². The highest BCUT2D eigenvalue weighted by Gasteiger charge is 2.14. The quantitative estimate of drug-likeness (QED) is 0.142. The fourth-order valence-corrected chi connectivity index (χ4v) is 14.3. The lowest BCUT2D eigenvalue weighted by Gasteiger charge is -2.10. The average molecular weight is 1220 g/mol. The van der Waals surface area contributed by atoms with E-state index in [0.717, 1.165) is 49.6 Å². The summed E-state index contributed by atoms with van der Waals surface area (Å²) in [6.07, 6.45) is 11.2. The van der Waals surface area contributed by atoms with Gasteiger partial charge in [-0.3, -0.25) is 19.9 Å². The molecule has 0 aliphatic rings. The number of aryl methyl sites for hydroxylation is 5. The summed E-state index contributed by atoms with van der Waals surface area (Å²) < 4.78 is 47.9. The summed E-state index contributed by atoms with van der Waals surface area (Å²) >= 11 is 0. The molecular formula is C91H68N4. The SMILES string of the molecule is [2H]Cc1ccc2c(c1)c1ccccc1c1cccnc12.[2H]Cc1ccc2c3ccccc3c3ccccc3c2c1.[2H]Cc1ccc2c3ccccc3c3ncccc3c2c1.[2H]Cc1ccc2c3ccncc3c3ccccc3c2c1.[2H]Cc1ccc2c3cnccc3c3ccccc3c2c1.[2H][2H]. The molecule has 4 aromatic heterocycles. The second-order valence-corrected chi connectivity index (χ2v) is 24.3. The molecule has 0 unspecified atom stereocenters. The van der Waals surface area contributed by atoms with Crippen molar-refractivity contribution in [2.75, 3.05) is 0 Å². The van der Waals surface area contributed by atoms with Gasteiger partial charge in [-0.25, -0.2) is 0 Å². The van der Waals surface area contributed by atoms with Crippen molar-refractivity contribution < 1.29 is 9.82 Å². The summed E-state index contributed by atoms with van der Waals surface area (Å²) in [6.45, 7) is 1.58. The van der Waals surface area contributed by atoms with Crippen LogP contribution in [0.5, 0.6) is 0 Å². The van der Waals surface area contributed by atoms with Crippen LogP contribution in [0.15, 0.2) is 310 Å². The van der Waals surface area contributed by atoms with Crippen molar-refractivity contribution in [3.63, 3.8) is 0 Å². The second-order valence-electron chi connectivity index (χ2n) is 24.3. The number of aromatic nitrogens is 4. The number of fused-ring (bicyclic) bond motifs is 30. The topological polar surface area (TPSA) is 51.6 Å². The van der Waals surface area contributed by atoms with Gasteiger partial charge in [-0.2, -0.15) is 0 Å². The third kappa shape index (κ3) is 10.6. The molecule has 0 N–H and O–H groups in total. The van der Waals surface area contributed by atoms with Crippen LogP contribution < -0.4 is 0 Å². The van der Waals surface area contributed by atoms with Gasteiger partial charge in [-0.05, 0) is 177 Å². The van der Waals surface area contributed by atoms with Gasteiger partial charge in [-0.15, -0.1) is 0 Å². The molecule has 452 valence electrons. The van der Waals surface area contributed by atoms with E-state index in [1.807, 2.05) is 73.6 Å². The Kier molecular flexibility index (Phi) is 13.4. The fraction of sp³-hybridized carbons (Fsp3) is 0.0549. The van der Waals surface area contributed by atoms with Gasteiger partial charge in [0.15, 0.2) is 0 Å². The molecule has 0 spiro atoms. The van der Waals surface area contributed by atoms with Crippen molar-refractivity contribution in [3.8, 4) is 0 Å². The summed E-state index contributed by atoms with van der Waals surface area (Å²) in [5.74, 6) is 0.